The summed E-state index contributed by atoms with van der Waals surface area (Å²) in [6.07, 6.45) is 0.424. The van der Waals surface area contributed by atoms with Gasteiger partial charge in [-0.3, -0.25) is 0 Å². The average molecular weight is 454 g/mol. The van der Waals surface area contributed by atoms with Gasteiger partial charge in [0, 0.05) is 24.0 Å². The lowest BCUT2D eigenvalue weighted by molar-refractivity contribution is -0.938. The molecular weight excluding hydrogens is 433 g/mol. The molecule has 3 heterocycles. The number of nitrogens with zero attached hydrogens (tertiary/aromatic N) is 1. The SMILES string of the molecule is C[N+]1(C)C2CC(OC(=O)C(F)(c3ccc(F)c(F)c3)c3ccc(F)c(F)c3)CC1[C@H]1OC21. The number of hydrogen-bond donors (Lipinski definition) is 0. The molecular formula is C23H21F5NO3+. The molecule has 0 aliphatic carbocycles. The lowest BCUT2D eigenvalue weighted by Gasteiger charge is -2.45. The van der Waals surface area contributed by atoms with Gasteiger partial charge in [0.2, 0.25) is 0 Å². The van der Waals surface area contributed by atoms with Crippen LogP contribution >= 0.6 is 0 Å². The highest BCUT2D eigenvalue weighted by molar-refractivity contribution is 5.85. The molecule has 2 aromatic rings. The van der Waals surface area contributed by atoms with E-state index in [2.05, 4.69) is 14.1 Å². The molecule has 32 heavy (non-hydrogen) atoms. The van der Waals surface area contributed by atoms with E-state index in [4.69, 9.17) is 9.47 Å². The summed E-state index contributed by atoms with van der Waals surface area (Å²) in [5.74, 6) is -6.63. The number of hydrogen-bond acceptors (Lipinski definition) is 3. The van der Waals surface area contributed by atoms with E-state index >= 15 is 4.39 Å². The Morgan fingerprint density at radius 2 is 1.38 bits per heavy atom. The van der Waals surface area contributed by atoms with Gasteiger partial charge in [-0.05, 0) is 24.3 Å². The maximum absolute atomic E-state index is 16.4. The second kappa shape index (κ2) is 6.99. The van der Waals surface area contributed by atoms with Crippen molar-refractivity contribution in [3.63, 3.8) is 0 Å². The Kier molecular flexibility index (Phi) is 4.66. The minimum atomic E-state index is -3.16. The highest BCUT2D eigenvalue weighted by Gasteiger charge is 2.71. The Hall–Kier alpha value is -2.52. The van der Waals surface area contributed by atoms with Crippen molar-refractivity contribution >= 4 is 5.97 Å². The minimum Gasteiger partial charge on any atom is -0.459 e. The quantitative estimate of drug-likeness (QED) is 0.306. The number of carbonyl (C=O) groups excluding carboxylic acids is 1. The summed E-state index contributed by atoms with van der Waals surface area (Å²) in [4.78, 5) is 13.1. The van der Waals surface area contributed by atoms with Crippen LogP contribution in [0.25, 0.3) is 0 Å². The molecule has 170 valence electrons. The van der Waals surface area contributed by atoms with Gasteiger partial charge in [0.15, 0.2) is 23.3 Å². The van der Waals surface area contributed by atoms with Gasteiger partial charge in [0.1, 0.15) is 30.4 Å². The topological polar surface area (TPSA) is 38.8 Å². The first kappa shape index (κ1) is 21.3. The van der Waals surface area contributed by atoms with Gasteiger partial charge in [-0.15, -0.1) is 0 Å². The Balaban J connectivity index is 1.48. The van der Waals surface area contributed by atoms with E-state index in [1.54, 1.807) is 0 Å². The zero-order valence-corrected chi connectivity index (χ0v) is 17.3. The molecule has 2 aromatic carbocycles. The number of likely N-dealkylation sites (N-methyl/N-ethyl adjacent to an activating group) is 1. The lowest BCUT2D eigenvalue weighted by Crippen LogP contribution is -2.60. The number of halogens is 5. The summed E-state index contributed by atoms with van der Waals surface area (Å²) in [5, 5.41) is 0. The fraction of sp³-hybridized carbons (Fsp3) is 0.435. The van der Waals surface area contributed by atoms with E-state index in [0.717, 1.165) is 16.6 Å². The van der Waals surface area contributed by atoms with E-state index in [1.807, 2.05) is 0 Å². The monoisotopic (exact) mass is 454 g/mol. The number of morpholine rings is 1. The summed E-state index contributed by atoms with van der Waals surface area (Å²) >= 11 is 0. The number of quaternary nitrogens is 1. The molecule has 5 atom stereocenters. The number of piperidine rings is 1. The number of carbonyl (C=O) groups is 1. The number of benzene rings is 2. The molecule has 9 heteroatoms. The third kappa shape index (κ3) is 3.05. The molecule has 2 bridgehead atoms. The maximum atomic E-state index is 16.4. The van der Waals surface area contributed by atoms with Gasteiger partial charge in [-0.25, -0.2) is 26.7 Å². The van der Waals surface area contributed by atoms with Crippen LogP contribution in [0.4, 0.5) is 22.0 Å². The van der Waals surface area contributed by atoms with Crippen molar-refractivity contribution in [1.82, 2.24) is 0 Å². The molecule has 3 aliphatic rings. The van der Waals surface area contributed by atoms with Crippen molar-refractivity contribution in [2.24, 2.45) is 0 Å². The van der Waals surface area contributed by atoms with Crippen LogP contribution in [-0.4, -0.2) is 54.9 Å². The minimum absolute atomic E-state index is 0.0752. The van der Waals surface area contributed by atoms with Gasteiger partial charge in [-0.1, -0.05) is 12.1 Å². The molecule has 4 nitrogen and oxygen atoms in total. The summed E-state index contributed by atoms with van der Waals surface area (Å²) in [6, 6.07) is 4.30. The van der Waals surface area contributed by atoms with Crippen LogP contribution in [0.1, 0.15) is 24.0 Å². The number of fused-ring (bicyclic) bond motifs is 5. The normalized spacial score (nSPS) is 30.0. The van der Waals surface area contributed by atoms with E-state index in [9.17, 15) is 22.4 Å². The first-order valence-electron chi connectivity index (χ1n) is 10.3. The number of esters is 1. The maximum Gasteiger partial charge on any atom is 0.353 e. The van der Waals surface area contributed by atoms with Crippen LogP contribution in [0.3, 0.4) is 0 Å². The van der Waals surface area contributed by atoms with Gasteiger partial charge in [0.05, 0.1) is 14.1 Å². The van der Waals surface area contributed by atoms with Crippen molar-refractivity contribution in [3.8, 4) is 0 Å². The average Bonchev–Trinajstić information content (AvgIpc) is 3.50. The van der Waals surface area contributed by atoms with Crippen LogP contribution in [-0.2, 0) is 19.9 Å². The summed E-state index contributed by atoms with van der Waals surface area (Å²) < 4.78 is 83.0. The molecule has 3 aliphatic heterocycles. The first-order chi connectivity index (χ1) is 15.0. The Morgan fingerprint density at radius 3 is 1.81 bits per heavy atom. The van der Waals surface area contributed by atoms with Crippen molar-refractivity contribution < 1.29 is 40.7 Å². The van der Waals surface area contributed by atoms with Crippen molar-refractivity contribution in [2.75, 3.05) is 14.1 Å². The molecule has 0 amide bonds. The van der Waals surface area contributed by atoms with Crippen molar-refractivity contribution in [2.45, 2.75) is 48.9 Å². The largest absolute Gasteiger partial charge is 0.459 e. The van der Waals surface area contributed by atoms with Gasteiger partial charge >= 0.3 is 5.97 Å². The zero-order valence-electron chi connectivity index (χ0n) is 17.3. The molecule has 4 unspecified atom stereocenters. The third-order valence-corrected chi connectivity index (χ3v) is 7.23. The smallest absolute Gasteiger partial charge is 0.353 e. The van der Waals surface area contributed by atoms with E-state index in [1.165, 1.54) is 0 Å². The number of epoxide rings is 1. The van der Waals surface area contributed by atoms with Gasteiger partial charge in [-0.2, -0.15) is 0 Å². The predicted octanol–water partition coefficient (Wildman–Crippen LogP) is 3.76. The molecule has 3 saturated heterocycles. The summed E-state index contributed by atoms with van der Waals surface area (Å²) in [6.45, 7) is 0. The molecule has 0 aromatic heterocycles. The summed E-state index contributed by atoms with van der Waals surface area (Å²) in [5.41, 5.74) is -4.31. The zero-order chi connectivity index (χ0) is 23.0. The van der Waals surface area contributed by atoms with Gasteiger partial charge < -0.3 is 14.0 Å². The van der Waals surface area contributed by atoms with Crippen LogP contribution in [0.15, 0.2) is 36.4 Å². The van der Waals surface area contributed by atoms with Crippen LogP contribution in [0.2, 0.25) is 0 Å². The van der Waals surface area contributed by atoms with Gasteiger partial charge in [0.25, 0.3) is 5.67 Å². The van der Waals surface area contributed by atoms with Crippen LogP contribution < -0.4 is 0 Å². The molecule has 0 spiro atoms. The fourth-order valence-corrected chi connectivity index (χ4v) is 5.36. The number of alkyl halides is 1. The fourth-order valence-electron chi connectivity index (χ4n) is 5.36. The van der Waals surface area contributed by atoms with Crippen LogP contribution in [0.5, 0.6) is 0 Å². The molecule has 5 rings (SSSR count). The first-order valence-corrected chi connectivity index (χ1v) is 10.3. The Labute approximate surface area is 181 Å². The van der Waals surface area contributed by atoms with Crippen LogP contribution in [0, 0.1) is 23.3 Å². The molecule has 0 N–H and O–H groups in total. The van der Waals surface area contributed by atoms with E-state index < -0.39 is 52.1 Å². The summed E-state index contributed by atoms with van der Waals surface area (Å²) in [7, 11) is 4.15. The number of rotatable bonds is 4. The predicted molar refractivity (Wildman–Crippen MR) is 102 cm³/mol. The molecule has 3 fully saturated rings. The molecule has 0 radical (unpaired) electrons. The lowest BCUT2D eigenvalue weighted by atomic mass is 9.87. The van der Waals surface area contributed by atoms with Crippen molar-refractivity contribution in [1.29, 1.82) is 0 Å². The highest BCUT2D eigenvalue weighted by atomic mass is 19.2. The van der Waals surface area contributed by atoms with E-state index in [0.29, 0.717) is 37.1 Å². The number of ether oxygens (including phenoxy) is 2. The third-order valence-electron chi connectivity index (χ3n) is 7.23. The van der Waals surface area contributed by atoms with Crippen molar-refractivity contribution in [3.05, 3.63) is 70.8 Å². The Bertz CT molecular complexity index is 1040. The highest BCUT2D eigenvalue weighted by Crippen LogP contribution is 2.52. The Morgan fingerprint density at radius 1 is 0.906 bits per heavy atom. The standard InChI is InChI=1S/C23H21F5NO3/c1-29(2)18-9-13(10-19(29)21-20(18)32-21)31-22(30)23(28,11-3-5-14(24)16(26)7-11)12-4-6-15(25)17(27)8-12/h3-8,13,18-21H,9-10H2,1-2H3/q+1/t13?,18?,19?,20-,21?/m1/s1. The second-order valence-corrected chi connectivity index (χ2v) is 9.24. The second-order valence-electron chi connectivity index (χ2n) is 9.24. The van der Waals surface area contributed by atoms with E-state index in [-0.39, 0.29) is 24.3 Å². The molecule has 0 saturated carbocycles.